The van der Waals surface area contributed by atoms with Crippen molar-refractivity contribution in [2.45, 2.75) is 31.9 Å². The number of aromatic nitrogens is 2. The number of benzene rings is 2. The van der Waals surface area contributed by atoms with E-state index in [0.29, 0.717) is 23.1 Å². The summed E-state index contributed by atoms with van der Waals surface area (Å²) in [6, 6.07) is 9.66. The lowest BCUT2D eigenvalue weighted by Gasteiger charge is -2.32. The van der Waals surface area contributed by atoms with E-state index in [9.17, 15) is 18.0 Å². The Morgan fingerprint density at radius 3 is 2.71 bits per heavy atom. The quantitative estimate of drug-likeness (QED) is 0.617. The lowest BCUT2D eigenvalue weighted by molar-refractivity contribution is 0.0909. The van der Waals surface area contributed by atoms with Crippen molar-refractivity contribution < 1.29 is 22.7 Å². The van der Waals surface area contributed by atoms with Crippen molar-refractivity contribution in [3.8, 4) is 5.75 Å². The van der Waals surface area contributed by atoms with E-state index in [4.69, 9.17) is 4.74 Å². The van der Waals surface area contributed by atoms with Crippen molar-refractivity contribution >= 4 is 16.9 Å². The highest BCUT2D eigenvalue weighted by Gasteiger charge is 2.22. The molecule has 2 N–H and O–H groups in total. The third-order valence-corrected chi connectivity index (χ3v) is 5.51. The minimum absolute atomic E-state index is 0.0189. The van der Waals surface area contributed by atoms with E-state index in [-0.39, 0.29) is 23.5 Å². The van der Waals surface area contributed by atoms with Gasteiger partial charge in [-0.3, -0.25) is 9.69 Å². The topological polar surface area (TPSA) is 70.2 Å². The van der Waals surface area contributed by atoms with Gasteiger partial charge in [0.25, 0.3) is 12.3 Å². The number of fused-ring (bicyclic) bond motifs is 1. The van der Waals surface area contributed by atoms with E-state index >= 15 is 0 Å². The summed E-state index contributed by atoms with van der Waals surface area (Å²) in [4.78, 5) is 21.2. The number of H-pyrrole nitrogens is 1. The maximum Gasteiger partial charge on any atom is 0.295 e. The minimum atomic E-state index is -2.69. The number of hydrogen-bond acceptors (Lipinski definition) is 4. The summed E-state index contributed by atoms with van der Waals surface area (Å²) in [5.41, 5.74) is 2.07. The molecule has 31 heavy (non-hydrogen) atoms. The largest absolute Gasteiger partial charge is 0.494 e. The number of ether oxygens (including phenoxy) is 1. The number of hydrogen-bond donors (Lipinski definition) is 2. The highest BCUT2D eigenvalue weighted by molar-refractivity contribution is 5.97. The van der Waals surface area contributed by atoms with Gasteiger partial charge >= 0.3 is 0 Å². The van der Waals surface area contributed by atoms with E-state index in [1.165, 1.54) is 19.2 Å². The van der Waals surface area contributed by atoms with Crippen molar-refractivity contribution in [2.24, 2.45) is 0 Å². The molecule has 0 saturated carbocycles. The van der Waals surface area contributed by atoms with Gasteiger partial charge in [0.2, 0.25) is 0 Å². The fourth-order valence-electron chi connectivity index (χ4n) is 3.84. The van der Waals surface area contributed by atoms with Crippen LogP contribution in [0.4, 0.5) is 13.2 Å². The van der Waals surface area contributed by atoms with Gasteiger partial charge in [0.1, 0.15) is 0 Å². The van der Waals surface area contributed by atoms with E-state index in [0.717, 1.165) is 31.5 Å². The smallest absolute Gasteiger partial charge is 0.295 e. The lowest BCUT2D eigenvalue weighted by Crippen LogP contribution is -2.44. The number of nitrogens with one attached hydrogen (secondary N) is 2. The molecular formula is C22H23F3N4O2. The Morgan fingerprint density at radius 1 is 1.26 bits per heavy atom. The second-order valence-electron chi connectivity index (χ2n) is 7.65. The normalized spacial score (nSPS) is 15.5. The summed E-state index contributed by atoms with van der Waals surface area (Å²) in [6.07, 6.45) is -1.15. The second kappa shape index (κ2) is 8.97. The number of rotatable bonds is 6. The number of piperidine rings is 1. The Labute approximate surface area is 177 Å². The van der Waals surface area contributed by atoms with E-state index in [1.54, 1.807) is 18.2 Å². The molecule has 1 aromatic heterocycles. The average Bonchev–Trinajstić information content (AvgIpc) is 3.19. The number of nitrogens with zero attached hydrogens (tertiary/aromatic N) is 2. The van der Waals surface area contributed by atoms with Gasteiger partial charge in [-0.1, -0.05) is 6.07 Å². The van der Waals surface area contributed by atoms with Gasteiger partial charge in [0.05, 0.1) is 18.1 Å². The molecule has 2 aromatic carbocycles. The summed E-state index contributed by atoms with van der Waals surface area (Å²) in [5, 5.41) is 3.01. The molecule has 0 spiro atoms. The van der Waals surface area contributed by atoms with Crippen LogP contribution < -0.4 is 10.1 Å². The van der Waals surface area contributed by atoms with Gasteiger partial charge in [-0.2, -0.15) is 0 Å². The number of carbonyl (C=O) groups excluding carboxylic acids is 1. The van der Waals surface area contributed by atoms with Crippen LogP contribution in [0.25, 0.3) is 11.0 Å². The van der Waals surface area contributed by atoms with Crippen molar-refractivity contribution in [1.82, 2.24) is 20.2 Å². The van der Waals surface area contributed by atoms with Gasteiger partial charge in [-0.15, -0.1) is 0 Å². The third-order valence-electron chi connectivity index (χ3n) is 5.51. The molecule has 1 amide bonds. The Balaban J connectivity index is 1.31. The van der Waals surface area contributed by atoms with E-state index in [1.807, 2.05) is 6.07 Å². The summed E-state index contributed by atoms with van der Waals surface area (Å²) in [5.74, 6) is -0.802. The first-order valence-corrected chi connectivity index (χ1v) is 10.1. The summed E-state index contributed by atoms with van der Waals surface area (Å²) >= 11 is 0. The molecule has 2 heterocycles. The lowest BCUT2D eigenvalue weighted by atomic mass is 10.0. The highest BCUT2D eigenvalue weighted by Crippen LogP contribution is 2.22. The van der Waals surface area contributed by atoms with Crippen LogP contribution in [0.15, 0.2) is 36.4 Å². The van der Waals surface area contributed by atoms with Gasteiger partial charge in [-0.25, -0.2) is 18.2 Å². The number of carbonyl (C=O) groups is 1. The van der Waals surface area contributed by atoms with E-state index < -0.39 is 12.2 Å². The molecule has 9 heteroatoms. The zero-order chi connectivity index (χ0) is 22.0. The molecule has 6 nitrogen and oxygen atoms in total. The molecule has 0 radical (unpaired) electrons. The van der Waals surface area contributed by atoms with Crippen LogP contribution >= 0.6 is 0 Å². The molecule has 1 aliphatic heterocycles. The number of likely N-dealkylation sites (tertiary alicyclic amines) is 1. The summed E-state index contributed by atoms with van der Waals surface area (Å²) in [6.45, 7) is 2.18. The molecule has 3 aromatic rings. The monoisotopic (exact) mass is 432 g/mol. The van der Waals surface area contributed by atoms with Crippen LogP contribution in [0.2, 0.25) is 0 Å². The minimum Gasteiger partial charge on any atom is -0.494 e. The predicted octanol–water partition coefficient (Wildman–Crippen LogP) is 4.04. The first kappa shape index (κ1) is 21.2. The first-order chi connectivity index (χ1) is 14.9. The highest BCUT2D eigenvalue weighted by atomic mass is 19.3. The van der Waals surface area contributed by atoms with Gasteiger partial charge in [0.15, 0.2) is 17.4 Å². The second-order valence-corrected chi connectivity index (χ2v) is 7.65. The van der Waals surface area contributed by atoms with Crippen LogP contribution in [0.1, 0.15) is 41.0 Å². The van der Waals surface area contributed by atoms with Crippen molar-refractivity contribution in [2.75, 3.05) is 20.2 Å². The van der Waals surface area contributed by atoms with Crippen molar-refractivity contribution in [3.63, 3.8) is 0 Å². The molecule has 0 unspecified atom stereocenters. The molecule has 1 saturated heterocycles. The van der Waals surface area contributed by atoms with Crippen LogP contribution in [0, 0.1) is 5.82 Å². The molecule has 0 atom stereocenters. The molecule has 4 rings (SSSR count). The molecule has 0 bridgehead atoms. The molecular weight excluding hydrogens is 409 g/mol. The zero-order valence-corrected chi connectivity index (χ0v) is 17.0. The average molecular weight is 432 g/mol. The number of methoxy groups -OCH3 is 1. The number of aromatic amines is 1. The van der Waals surface area contributed by atoms with Crippen LogP contribution in [0.5, 0.6) is 5.75 Å². The Morgan fingerprint density at radius 2 is 2.03 bits per heavy atom. The van der Waals surface area contributed by atoms with Gasteiger partial charge in [0, 0.05) is 31.2 Å². The predicted molar refractivity (Wildman–Crippen MR) is 110 cm³/mol. The van der Waals surface area contributed by atoms with E-state index in [2.05, 4.69) is 20.2 Å². The Hall–Kier alpha value is -3.07. The third kappa shape index (κ3) is 4.82. The Kier molecular flexibility index (Phi) is 6.13. The summed E-state index contributed by atoms with van der Waals surface area (Å²) < 4.78 is 44.4. The van der Waals surface area contributed by atoms with Gasteiger partial charge < -0.3 is 15.0 Å². The first-order valence-electron chi connectivity index (χ1n) is 10.1. The molecule has 1 aliphatic rings. The number of alkyl halides is 2. The fraction of sp³-hybridized carbons (Fsp3) is 0.364. The molecule has 1 fully saturated rings. The number of imidazole rings is 1. The number of amides is 1. The summed E-state index contributed by atoms with van der Waals surface area (Å²) in [7, 11) is 1.44. The molecule has 0 aliphatic carbocycles. The maximum absolute atomic E-state index is 13.9. The number of halogens is 3. The van der Waals surface area contributed by atoms with Crippen LogP contribution in [-0.2, 0) is 6.54 Å². The molecule has 164 valence electrons. The van der Waals surface area contributed by atoms with Crippen LogP contribution in [-0.4, -0.2) is 47.0 Å². The Bertz CT molecular complexity index is 1080. The van der Waals surface area contributed by atoms with Crippen LogP contribution in [0.3, 0.4) is 0 Å². The fourth-order valence-corrected chi connectivity index (χ4v) is 3.84. The SMILES string of the molecule is COc1ccc(CN2CCC(NC(=O)c3ccc4nc(C(F)F)[nH]c4c3)CC2)cc1F. The zero-order valence-electron chi connectivity index (χ0n) is 17.0. The maximum atomic E-state index is 13.9. The standard InChI is InChI=1S/C22H23F3N4O2/c1-31-19-5-2-13(10-16(19)23)12-29-8-6-15(7-9-29)26-22(30)14-3-4-17-18(11-14)28-21(27-17)20(24)25/h2-5,10-11,15,20H,6-9,12H2,1H3,(H,26,30)(H,27,28). The van der Waals surface area contributed by atoms with Crippen molar-refractivity contribution in [1.29, 1.82) is 0 Å². The van der Waals surface area contributed by atoms with Gasteiger partial charge in [-0.05, 0) is 48.7 Å². The van der Waals surface area contributed by atoms with Crippen molar-refractivity contribution in [3.05, 3.63) is 59.2 Å².